The Kier molecular flexibility index (Phi) is 3.87. The number of allylic oxidation sites excluding steroid dienone is 5. The molecule has 0 saturated carbocycles. The summed E-state index contributed by atoms with van der Waals surface area (Å²) in [7, 11) is 0. The van der Waals surface area contributed by atoms with Crippen LogP contribution in [0, 0.1) is 0 Å². The fourth-order valence-corrected chi connectivity index (χ4v) is 6.29. The number of Topliss-reactive ketones (excluding diaryl/α,β-unsaturated/α-hetero) is 2. The van der Waals surface area contributed by atoms with E-state index >= 15 is 0 Å². The zero-order valence-corrected chi connectivity index (χ0v) is 18.5. The highest BCUT2D eigenvalue weighted by Gasteiger charge is 2.33. The Balaban J connectivity index is 1.12. The predicted octanol–water partition coefficient (Wildman–Crippen LogP) is 5.98. The van der Waals surface area contributed by atoms with Gasteiger partial charge >= 0.3 is 0 Å². The molecule has 3 heterocycles. The summed E-state index contributed by atoms with van der Waals surface area (Å²) in [6.45, 7) is 1.72. The van der Waals surface area contributed by atoms with Crippen LogP contribution in [0.5, 0.6) is 0 Å². The molecule has 7 rings (SSSR count). The molecule has 0 fully saturated rings. The van der Waals surface area contributed by atoms with E-state index in [2.05, 4.69) is 35.2 Å². The highest BCUT2D eigenvalue weighted by Crippen LogP contribution is 2.41. The summed E-state index contributed by atoms with van der Waals surface area (Å²) in [5, 5.41) is 1.18. The number of hydrogen-bond donors (Lipinski definition) is 0. The van der Waals surface area contributed by atoms with Gasteiger partial charge in [-0.05, 0) is 29.9 Å². The van der Waals surface area contributed by atoms with Crippen molar-refractivity contribution in [3.05, 3.63) is 111 Å². The molecule has 4 nitrogen and oxygen atoms in total. The average molecular weight is 447 g/mol. The van der Waals surface area contributed by atoms with Crippen LogP contribution in [0.3, 0.4) is 0 Å². The molecule has 0 bridgehead atoms. The Morgan fingerprint density at radius 2 is 1.67 bits per heavy atom. The van der Waals surface area contributed by atoms with Crippen molar-refractivity contribution < 1.29 is 9.59 Å². The monoisotopic (exact) mass is 446 g/mol. The van der Waals surface area contributed by atoms with Gasteiger partial charge in [-0.3, -0.25) is 9.59 Å². The third-order valence-electron chi connectivity index (χ3n) is 6.74. The number of pyridine rings is 1. The first-order chi connectivity index (χ1) is 16.2. The van der Waals surface area contributed by atoms with E-state index in [-0.39, 0.29) is 17.1 Å². The van der Waals surface area contributed by atoms with Crippen molar-refractivity contribution in [2.75, 3.05) is 0 Å². The molecule has 0 N–H and O–H groups in total. The molecule has 0 saturated heterocycles. The van der Waals surface area contributed by atoms with Crippen molar-refractivity contribution in [3.63, 3.8) is 0 Å². The molecular weight excluding hydrogens is 428 g/mol. The van der Waals surface area contributed by atoms with Crippen LogP contribution in [0.4, 0.5) is 0 Å². The number of hydrogen-bond acceptors (Lipinski definition) is 5. The quantitative estimate of drug-likeness (QED) is 0.281. The topological polar surface area (TPSA) is 50.3 Å². The van der Waals surface area contributed by atoms with E-state index in [4.69, 9.17) is 4.98 Å². The van der Waals surface area contributed by atoms with Gasteiger partial charge in [0.25, 0.3) is 0 Å². The number of rotatable bonds is 2. The third kappa shape index (κ3) is 2.79. The van der Waals surface area contributed by atoms with Crippen molar-refractivity contribution >= 4 is 44.0 Å². The summed E-state index contributed by atoms with van der Waals surface area (Å²) in [5.41, 5.74) is 6.99. The summed E-state index contributed by atoms with van der Waals surface area (Å²) in [5.74, 6) is -0.337. The lowest BCUT2D eigenvalue weighted by atomic mass is 10.1. The first-order valence-electron chi connectivity index (χ1n) is 11.0. The SMILES string of the molecule is O=C1C(=CC2=CC=C(N3Cc4sc5cc6ccccc6nc5c4C3)C2)C(=O)c2ccccc21. The zero-order valence-electron chi connectivity index (χ0n) is 17.7. The Morgan fingerprint density at radius 1 is 0.909 bits per heavy atom. The van der Waals surface area contributed by atoms with E-state index < -0.39 is 0 Å². The van der Waals surface area contributed by atoms with Gasteiger partial charge in [0.15, 0.2) is 11.6 Å². The van der Waals surface area contributed by atoms with E-state index in [1.54, 1.807) is 30.3 Å². The van der Waals surface area contributed by atoms with Gasteiger partial charge in [-0.15, -0.1) is 11.3 Å². The van der Waals surface area contributed by atoms with Gasteiger partial charge in [0, 0.05) is 45.6 Å². The largest absolute Gasteiger partial charge is 0.365 e. The lowest BCUT2D eigenvalue weighted by Crippen LogP contribution is -2.15. The number of aromatic nitrogens is 1. The van der Waals surface area contributed by atoms with E-state index in [0.29, 0.717) is 11.1 Å². The predicted molar refractivity (Wildman–Crippen MR) is 130 cm³/mol. The van der Waals surface area contributed by atoms with Gasteiger partial charge in [-0.25, -0.2) is 4.98 Å². The molecule has 2 aliphatic carbocycles. The standard InChI is InChI=1S/C28H18N2O2S/c31-27-19-6-2-3-7-20(19)28(32)21(27)12-16-9-10-18(11-16)30-14-22-25(15-30)33-24-13-17-5-1-4-8-23(17)29-26(22)24/h1-10,12-13H,11,14-15H2. The molecule has 0 unspecified atom stereocenters. The molecule has 2 aromatic heterocycles. The minimum Gasteiger partial charge on any atom is -0.365 e. The summed E-state index contributed by atoms with van der Waals surface area (Å²) in [4.78, 5) is 34.1. The second-order valence-electron chi connectivity index (χ2n) is 8.73. The van der Waals surface area contributed by atoms with E-state index in [9.17, 15) is 9.59 Å². The molecular formula is C28H18N2O2S. The van der Waals surface area contributed by atoms with E-state index in [1.807, 2.05) is 23.5 Å². The second-order valence-corrected chi connectivity index (χ2v) is 9.86. The number of thiophene rings is 1. The lowest BCUT2D eigenvalue weighted by molar-refractivity contribution is 0.0988. The van der Waals surface area contributed by atoms with Gasteiger partial charge in [0.05, 0.1) is 27.9 Å². The van der Waals surface area contributed by atoms with Gasteiger partial charge in [0.2, 0.25) is 0 Å². The minimum atomic E-state index is -0.168. The van der Waals surface area contributed by atoms with Gasteiger partial charge < -0.3 is 4.90 Å². The van der Waals surface area contributed by atoms with Crippen LogP contribution < -0.4 is 0 Å². The molecule has 33 heavy (non-hydrogen) atoms. The Morgan fingerprint density at radius 3 is 2.48 bits per heavy atom. The number of ketones is 2. The number of carbonyl (C=O) groups is 2. The van der Waals surface area contributed by atoms with Crippen LogP contribution >= 0.6 is 11.3 Å². The van der Waals surface area contributed by atoms with Crippen molar-refractivity contribution in [1.29, 1.82) is 0 Å². The lowest BCUT2D eigenvalue weighted by Gasteiger charge is -2.19. The van der Waals surface area contributed by atoms with Crippen LogP contribution in [0.2, 0.25) is 0 Å². The van der Waals surface area contributed by atoms with Crippen LogP contribution in [-0.2, 0) is 13.1 Å². The van der Waals surface area contributed by atoms with Gasteiger partial charge in [0.1, 0.15) is 0 Å². The van der Waals surface area contributed by atoms with Gasteiger partial charge in [-0.1, -0.05) is 48.5 Å². The molecule has 0 radical (unpaired) electrons. The number of benzene rings is 2. The molecule has 4 aromatic rings. The Hall–Kier alpha value is -3.83. The van der Waals surface area contributed by atoms with Crippen LogP contribution in [0.25, 0.3) is 21.1 Å². The van der Waals surface area contributed by atoms with Crippen molar-refractivity contribution in [1.82, 2.24) is 9.88 Å². The molecule has 0 amide bonds. The molecule has 3 aliphatic rings. The summed E-state index contributed by atoms with van der Waals surface area (Å²) >= 11 is 1.83. The normalized spacial score (nSPS) is 17.1. The van der Waals surface area contributed by atoms with Crippen LogP contribution in [0.1, 0.15) is 37.6 Å². The molecule has 0 atom stereocenters. The van der Waals surface area contributed by atoms with Gasteiger partial charge in [-0.2, -0.15) is 0 Å². The summed E-state index contributed by atoms with van der Waals surface area (Å²) < 4.78 is 1.25. The van der Waals surface area contributed by atoms with E-state index in [1.165, 1.54) is 26.2 Å². The highest BCUT2D eigenvalue weighted by atomic mass is 32.1. The third-order valence-corrected chi connectivity index (χ3v) is 7.90. The van der Waals surface area contributed by atoms with Crippen molar-refractivity contribution in [3.8, 4) is 0 Å². The highest BCUT2D eigenvalue weighted by molar-refractivity contribution is 7.19. The summed E-state index contributed by atoms with van der Waals surface area (Å²) in [6.07, 6.45) is 6.65. The number of para-hydroxylation sites is 1. The maximum atomic E-state index is 12.7. The molecule has 0 spiro atoms. The fourth-order valence-electron chi connectivity index (χ4n) is 5.07. The molecule has 2 aromatic carbocycles. The number of fused-ring (bicyclic) bond motifs is 5. The van der Waals surface area contributed by atoms with Crippen LogP contribution in [0.15, 0.2) is 89.7 Å². The fraction of sp³-hybridized carbons (Fsp3) is 0.107. The first kappa shape index (κ1) is 18.7. The number of nitrogens with zero attached hydrogens (tertiary/aromatic N) is 2. The zero-order chi connectivity index (χ0) is 22.1. The van der Waals surface area contributed by atoms with Crippen molar-refractivity contribution in [2.45, 2.75) is 19.5 Å². The Labute approximate surface area is 194 Å². The molecule has 5 heteroatoms. The molecule has 158 valence electrons. The number of carbonyl (C=O) groups excluding carboxylic acids is 2. The Bertz CT molecular complexity index is 1600. The first-order valence-corrected chi connectivity index (χ1v) is 11.8. The second kappa shape index (κ2) is 6.83. The minimum absolute atomic E-state index is 0.168. The molecule has 1 aliphatic heterocycles. The van der Waals surface area contributed by atoms with Crippen molar-refractivity contribution in [2.24, 2.45) is 0 Å². The summed E-state index contributed by atoms with van der Waals surface area (Å²) in [6, 6.07) is 17.6. The van der Waals surface area contributed by atoms with Crippen LogP contribution in [-0.4, -0.2) is 21.5 Å². The maximum absolute atomic E-state index is 12.7. The smallest absolute Gasteiger partial charge is 0.197 e. The van der Waals surface area contributed by atoms with E-state index in [0.717, 1.165) is 36.1 Å². The maximum Gasteiger partial charge on any atom is 0.197 e. The average Bonchev–Trinajstić information content (AvgIpc) is 3.58.